The van der Waals surface area contributed by atoms with Crippen LogP contribution < -0.4 is 10.1 Å². The van der Waals surface area contributed by atoms with Crippen molar-refractivity contribution in [2.75, 3.05) is 13.2 Å². The average Bonchev–Trinajstić information content (AvgIpc) is 2.85. The second kappa shape index (κ2) is 13.2. The molecule has 3 atom stereocenters. The summed E-state index contributed by atoms with van der Waals surface area (Å²) in [6, 6.07) is 13.9. The van der Waals surface area contributed by atoms with Crippen LogP contribution in [0.3, 0.4) is 0 Å². The van der Waals surface area contributed by atoms with Crippen molar-refractivity contribution in [2.24, 2.45) is 0 Å². The highest BCUT2D eigenvalue weighted by molar-refractivity contribution is 14.1. The third-order valence-corrected chi connectivity index (χ3v) is 6.91. The van der Waals surface area contributed by atoms with Gasteiger partial charge in [0.25, 0.3) is 0 Å². The smallest absolute Gasteiger partial charge is 0.247 e. The number of nitrogens with zero attached hydrogens (tertiary/aromatic N) is 1. The maximum Gasteiger partial charge on any atom is 0.247 e. The van der Waals surface area contributed by atoms with E-state index in [1.807, 2.05) is 37.3 Å². The van der Waals surface area contributed by atoms with Crippen molar-refractivity contribution in [1.29, 1.82) is 0 Å². The molecule has 0 heterocycles. The van der Waals surface area contributed by atoms with Crippen LogP contribution in [0.4, 0.5) is 0 Å². The molecule has 9 heteroatoms. The van der Waals surface area contributed by atoms with Crippen LogP contribution in [0.25, 0.3) is 0 Å². The highest BCUT2D eigenvalue weighted by Crippen LogP contribution is 2.31. The molecule has 0 saturated carbocycles. The molecule has 2 aromatic carbocycles. The fourth-order valence-electron chi connectivity index (χ4n) is 4.00. The molecule has 3 N–H and O–H groups in total. The van der Waals surface area contributed by atoms with Crippen molar-refractivity contribution in [1.82, 2.24) is 10.2 Å². The van der Waals surface area contributed by atoms with Crippen LogP contribution in [-0.2, 0) is 16.1 Å². The molecule has 1 aliphatic rings. The second-order valence-electron chi connectivity index (χ2n) is 8.34. The van der Waals surface area contributed by atoms with E-state index < -0.39 is 18.2 Å². The number of hydrogen-bond acceptors (Lipinski definition) is 5. The summed E-state index contributed by atoms with van der Waals surface area (Å²) in [5, 5.41) is 23.8. The van der Waals surface area contributed by atoms with Crippen LogP contribution >= 0.6 is 34.2 Å². The molecular formula is C26H30ClIN2O5. The summed E-state index contributed by atoms with van der Waals surface area (Å²) in [6.45, 7) is 2.10. The van der Waals surface area contributed by atoms with Gasteiger partial charge in [0.15, 0.2) is 0 Å². The number of carbonyl (C=O) groups is 2. The minimum Gasteiger partial charge on any atom is -0.482 e. The Bertz CT molecular complexity index is 1050. The predicted octanol–water partition coefficient (Wildman–Crippen LogP) is 3.69. The van der Waals surface area contributed by atoms with E-state index in [4.69, 9.17) is 21.4 Å². The Hall–Kier alpha value is -2.14. The van der Waals surface area contributed by atoms with E-state index in [1.165, 1.54) is 0 Å². The number of amides is 2. The molecular weight excluding hydrogens is 583 g/mol. The molecule has 3 unspecified atom stereocenters. The molecule has 2 aromatic rings. The second-order valence-corrected chi connectivity index (χ2v) is 9.94. The molecule has 3 rings (SSSR count). The first-order chi connectivity index (χ1) is 16.8. The zero-order chi connectivity index (χ0) is 25.4. The van der Waals surface area contributed by atoms with Crippen molar-refractivity contribution >= 4 is 46.0 Å². The minimum atomic E-state index is -1.06. The zero-order valence-corrected chi connectivity index (χ0v) is 22.4. The zero-order valence-electron chi connectivity index (χ0n) is 19.5. The first-order valence-corrected chi connectivity index (χ1v) is 13.0. The number of ether oxygens (including phenoxy) is 1. The van der Waals surface area contributed by atoms with Gasteiger partial charge in [-0.1, -0.05) is 42.8 Å². The molecule has 7 nitrogen and oxygen atoms in total. The number of benzene rings is 2. The number of aliphatic hydroxyl groups is 2. The van der Waals surface area contributed by atoms with Crippen molar-refractivity contribution in [3.63, 3.8) is 0 Å². The standard InChI is InChI=1S/C26H30ClIN2O5/c1-2-5-24(32)30(16-17-8-10-19(27)11-9-17)21-14-18(26(34)29-12-13-31)15-23(25(21)33)35-22-7-4-3-6-20(22)28/h3-4,6-11,15,21,23,25,31,33H,2,5,12-14,16H2,1H3,(H,29,34). The van der Waals surface area contributed by atoms with E-state index in [1.54, 1.807) is 29.2 Å². The van der Waals surface area contributed by atoms with Crippen LogP contribution in [0.2, 0.25) is 5.02 Å². The van der Waals surface area contributed by atoms with Gasteiger partial charge in [0.1, 0.15) is 18.0 Å². The van der Waals surface area contributed by atoms with E-state index in [9.17, 15) is 14.7 Å². The summed E-state index contributed by atoms with van der Waals surface area (Å²) in [5.74, 6) is 0.103. The number of hydrogen-bond donors (Lipinski definition) is 3. The van der Waals surface area contributed by atoms with E-state index in [0.29, 0.717) is 29.2 Å². The Morgan fingerprint density at radius 1 is 1.20 bits per heavy atom. The number of carbonyl (C=O) groups excluding carboxylic acids is 2. The molecule has 0 bridgehead atoms. The van der Waals surface area contributed by atoms with Crippen molar-refractivity contribution in [2.45, 2.75) is 51.0 Å². The minimum absolute atomic E-state index is 0.106. The van der Waals surface area contributed by atoms with E-state index in [0.717, 1.165) is 9.13 Å². The van der Waals surface area contributed by atoms with Crippen molar-refractivity contribution < 1.29 is 24.5 Å². The van der Waals surface area contributed by atoms with Gasteiger partial charge in [-0.15, -0.1) is 0 Å². The van der Waals surface area contributed by atoms with Gasteiger partial charge in [-0.2, -0.15) is 0 Å². The lowest BCUT2D eigenvalue weighted by Crippen LogP contribution is -2.54. The lowest BCUT2D eigenvalue weighted by atomic mass is 9.87. The van der Waals surface area contributed by atoms with Crippen molar-refractivity contribution in [3.05, 3.63) is 74.3 Å². The Morgan fingerprint density at radius 2 is 1.91 bits per heavy atom. The Morgan fingerprint density at radius 3 is 2.57 bits per heavy atom. The summed E-state index contributed by atoms with van der Waals surface area (Å²) in [5.41, 5.74) is 1.26. The first kappa shape index (κ1) is 27.4. The molecule has 0 saturated heterocycles. The van der Waals surface area contributed by atoms with Crippen LogP contribution in [0.15, 0.2) is 60.2 Å². The molecule has 0 radical (unpaired) electrons. The summed E-state index contributed by atoms with van der Waals surface area (Å²) in [6.07, 6.45) is 0.833. The van der Waals surface area contributed by atoms with Gasteiger partial charge >= 0.3 is 0 Å². The number of aliphatic hydroxyl groups excluding tert-OH is 2. The maximum atomic E-state index is 13.2. The molecule has 1 aliphatic carbocycles. The predicted molar refractivity (Wildman–Crippen MR) is 143 cm³/mol. The van der Waals surface area contributed by atoms with Crippen LogP contribution in [0, 0.1) is 3.57 Å². The first-order valence-electron chi connectivity index (χ1n) is 11.6. The van der Waals surface area contributed by atoms with Crippen LogP contribution in [-0.4, -0.2) is 58.3 Å². The van der Waals surface area contributed by atoms with E-state index in [2.05, 4.69) is 27.9 Å². The van der Waals surface area contributed by atoms with Crippen molar-refractivity contribution in [3.8, 4) is 5.75 Å². The fourth-order valence-corrected chi connectivity index (χ4v) is 4.64. The maximum absolute atomic E-state index is 13.2. The number of nitrogens with one attached hydrogen (secondary N) is 1. The largest absolute Gasteiger partial charge is 0.482 e. The number of halogens is 2. The molecule has 0 fully saturated rings. The number of rotatable bonds is 10. The summed E-state index contributed by atoms with van der Waals surface area (Å²) in [7, 11) is 0. The average molecular weight is 613 g/mol. The SMILES string of the molecule is CCCC(=O)N(Cc1ccc(Cl)cc1)C1CC(C(=O)NCCO)=CC(Oc2ccccc2I)C1O. The van der Waals surface area contributed by atoms with Gasteiger partial charge in [0, 0.05) is 36.5 Å². The van der Waals surface area contributed by atoms with E-state index in [-0.39, 0.29) is 37.9 Å². The summed E-state index contributed by atoms with van der Waals surface area (Å²) >= 11 is 8.18. The monoisotopic (exact) mass is 612 g/mol. The van der Waals surface area contributed by atoms with Gasteiger partial charge < -0.3 is 25.2 Å². The lowest BCUT2D eigenvalue weighted by Gasteiger charge is -2.40. The fraction of sp³-hybridized carbons (Fsp3) is 0.385. The third kappa shape index (κ3) is 7.42. The molecule has 35 heavy (non-hydrogen) atoms. The topological polar surface area (TPSA) is 99.1 Å². The van der Waals surface area contributed by atoms with Gasteiger partial charge in [0.05, 0.1) is 16.2 Å². The Labute approximate surface area is 224 Å². The lowest BCUT2D eigenvalue weighted by molar-refractivity contribution is -0.139. The van der Waals surface area contributed by atoms with Crippen LogP contribution in [0.1, 0.15) is 31.7 Å². The highest BCUT2D eigenvalue weighted by Gasteiger charge is 2.40. The molecule has 0 aliphatic heterocycles. The van der Waals surface area contributed by atoms with Gasteiger partial charge in [-0.3, -0.25) is 9.59 Å². The highest BCUT2D eigenvalue weighted by atomic mass is 127. The molecule has 188 valence electrons. The Balaban J connectivity index is 1.96. The van der Waals surface area contributed by atoms with E-state index >= 15 is 0 Å². The van der Waals surface area contributed by atoms with Crippen LogP contribution in [0.5, 0.6) is 5.75 Å². The number of para-hydroxylation sites is 1. The normalized spacial score (nSPS) is 19.6. The van der Waals surface area contributed by atoms with Gasteiger partial charge in [-0.25, -0.2) is 0 Å². The third-order valence-electron chi connectivity index (χ3n) is 5.76. The summed E-state index contributed by atoms with van der Waals surface area (Å²) in [4.78, 5) is 27.7. The molecule has 0 aromatic heterocycles. The molecule has 2 amide bonds. The Kier molecular flexibility index (Phi) is 10.4. The molecule has 0 spiro atoms. The summed E-state index contributed by atoms with van der Waals surface area (Å²) < 4.78 is 7.01. The van der Waals surface area contributed by atoms with Gasteiger partial charge in [-0.05, 0) is 64.9 Å². The quantitative estimate of drug-likeness (QED) is 0.356. The van der Waals surface area contributed by atoms with Gasteiger partial charge in [0.2, 0.25) is 11.8 Å².